The monoisotopic (exact) mass is 502 g/mol. The van der Waals surface area contributed by atoms with Gasteiger partial charge in [-0.1, -0.05) is 25.1 Å². The maximum absolute atomic E-state index is 12.2. The van der Waals surface area contributed by atoms with Crippen LogP contribution in [-0.2, 0) is 9.84 Å². The summed E-state index contributed by atoms with van der Waals surface area (Å²) < 4.78 is 37.5. The number of hydrogen-bond acceptors (Lipinski definition) is 8. The second-order valence-corrected chi connectivity index (χ2v) is 9.90. The van der Waals surface area contributed by atoms with Gasteiger partial charge in [0.25, 0.3) is 5.88 Å². The molecule has 5 rings (SSSR count). The van der Waals surface area contributed by atoms with Crippen molar-refractivity contribution in [2.45, 2.75) is 11.9 Å². The van der Waals surface area contributed by atoms with E-state index in [1.165, 1.54) is 19.4 Å². The van der Waals surface area contributed by atoms with Crippen LogP contribution in [0.4, 0.5) is 0 Å². The van der Waals surface area contributed by atoms with Crippen LogP contribution < -0.4 is 14.3 Å². The molecule has 0 N–H and O–H groups in total. The number of sulfone groups is 1. The Morgan fingerprint density at radius 3 is 2.44 bits per heavy atom. The van der Waals surface area contributed by atoms with Crippen molar-refractivity contribution in [2.75, 3.05) is 12.9 Å². The molecule has 0 amide bonds. The number of fused-ring (bicyclic) bond motifs is 1. The van der Waals surface area contributed by atoms with E-state index in [0.29, 0.717) is 40.0 Å². The van der Waals surface area contributed by atoms with Gasteiger partial charge in [0.15, 0.2) is 32.1 Å². The molecule has 9 nitrogen and oxygen atoms in total. The summed E-state index contributed by atoms with van der Waals surface area (Å²) in [7, 11) is -1.91. The van der Waals surface area contributed by atoms with Crippen LogP contribution >= 0.6 is 0 Å². The van der Waals surface area contributed by atoms with E-state index in [-0.39, 0.29) is 10.8 Å². The summed E-state index contributed by atoms with van der Waals surface area (Å²) in [6.45, 7) is 1.57. The average molecular weight is 503 g/mol. The third kappa shape index (κ3) is 4.46. The second-order valence-electron chi connectivity index (χ2n) is 7.67. The minimum absolute atomic E-state index is 0.00708. The molecule has 0 bridgehead atoms. The van der Waals surface area contributed by atoms with Crippen molar-refractivity contribution in [1.29, 1.82) is 0 Å². The minimum atomic E-state index is -3.43. The Labute approximate surface area is 207 Å². The Hall–Kier alpha value is -4.44. The van der Waals surface area contributed by atoms with Gasteiger partial charge in [0.1, 0.15) is 11.2 Å². The number of ether oxygens (including phenoxy) is 2. The number of benzene rings is 1. The van der Waals surface area contributed by atoms with Gasteiger partial charge >= 0.3 is 0 Å². The summed E-state index contributed by atoms with van der Waals surface area (Å²) in [5, 5.41) is 0.835. The van der Waals surface area contributed by atoms with Crippen molar-refractivity contribution in [3.63, 3.8) is 0 Å². The molecule has 36 heavy (non-hydrogen) atoms. The van der Waals surface area contributed by atoms with Gasteiger partial charge in [0, 0.05) is 17.8 Å². The van der Waals surface area contributed by atoms with Gasteiger partial charge in [0.05, 0.1) is 24.8 Å². The van der Waals surface area contributed by atoms with Crippen LogP contribution in [0.1, 0.15) is 6.92 Å². The normalized spacial score (nSPS) is 11.4. The van der Waals surface area contributed by atoms with E-state index in [0.717, 1.165) is 5.39 Å². The fourth-order valence-electron chi connectivity index (χ4n) is 3.65. The Kier molecular flexibility index (Phi) is 6.26. The number of rotatable bonds is 8. The highest BCUT2D eigenvalue weighted by Crippen LogP contribution is 2.37. The summed E-state index contributed by atoms with van der Waals surface area (Å²) in [5.74, 6) is 1.59. The van der Waals surface area contributed by atoms with Gasteiger partial charge in [0.2, 0.25) is 0 Å². The summed E-state index contributed by atoms with van der Waals surface area (Å²) in [5.41, 5.74) is 1.98. The third-order valence-electron chi connectivity index (χ3n) is 5.43. The molecule has 182 valence electrons. The first kappa shape index (κ1) is 23.3. The Morgan fingerprint density at radius 2 is 1.72 bits per heavy atom. The van der Waals surface area contributed by atoms with Gasteiger partial charge in [-0.25, -0.2) is 18.4 Å². The van der Waals surface area contributed by atoms with Crippen molar-refractivity contribution in [1.82, 2.24) is 19.7 Å². The van der Waals surface area contributed by atoms with Crippen LogP contribution in [0.5, 0.6) is 23.1 Å². The van der Waals surface area contributed by atoms with Gasteiger partial charge in [-0.15, -0.1) is 0 Å². The van der Waals surface area contributed by atoms with Crippen molar-refractivity contribution in [3.05, 3.63) is 85.3 Å². The van der Waals surface area contributed by atoms with E-state index in [4.69, 9.17) is 14.3 Å². The standard InChI is InChI=1S/C26H22N4O5S/c1-3-36(31,32)24-13-12-19(17-29-24)35-30-21(20-9-4-5-14-27-20)16-18-8-6-10-22(25(18)30)34-23-11-7-15-28-26(23)33-2/h4-17H,3H2,1-2H3. The topological polar surface area (TPSA) is 105 Å². The lowest BCUT2D eigenvalue weighted by molar-refractivity contribution is 0.230. The lowest BCUT2D eigenvalue weighted by atomic mass is 10.2. The van der Waals surface area contributed by atoms with E-state index < -0.39 is 9.84 Å². The molecular weight excluding hydrogens is 480 g/mol. The highest BCUT2D eigenvalue weighted by atomic mass is 32.2. The first-order chi connectivity index (χ1) is 17.5. The van der Waals surface area contributed by atoms with Crippen molar-refractivity contribution in [3.8, 4) is 34.5 Å². The second kappa shape index (κ2) is 9.67. The van der Waals surface area contributed by atoms with Crippen molar-refractivity contribution >= 4 is 20.7 Å². The largest absolute Gasteiger partial charge is 0.478 e. The maximum atomic E-state index is 12.2. The molecule has 0 aliphatic carbocycles. The summed E-state index contributed by atoms with van der Waals surface area (Å²) >= 11 is 0. The zero-order chi connectivity index (χ0) is 25.1. The molecule has 0 saturated heterocycles. The van der Waals surface area contributed by atoms with Crippen LogP contribution in [0, 0.1) is 0 Å². The Bertz CT molecular complexity index is 1620. The Balaban J connectivity index is 1.64. The van der Waals surface area contributed by atoms with E-state index in [2.05, 4.69) is 15.0 Å². The van der Waals surface area contributed by atoms with Crippen LogP contribution in [-0.4, -0.2) is 41.0 Å². The SMILES string of the molecule is CCS(=O)(=O)c1ccc(On2c(-c3ccccn3)cc3cccc(Oc4cccnc4OC)c32)cn1. The molecule has 0 aliphatic rings. The molecule has 0 aliphatic heterocycles. The Morgan fingerprint density at radius 1 is 0.889 bits per heavy atom. The zero-order valence-electron chi connectivity index (χ0n) is 19.5. The molecule has 5 aromatic rings. The summed E-state index contributed by atoms with van der Waals surface area (Å²) in [6.07, 6.45) is 4.69. The molecule has 0 fully saturated rings. The van der Waals surface area contributed by atoms with Crippen LogP contribution in [0.3, 0.4) is 0 Å². The molecule has 4 heterocycles. The maximum Gasteiger partial charge on any atom is 0.257 e. The minimum Gasteiger partial charge on any atom is -0.478 e. The fourth-order valence-corrected chi connectivity index (χ4v) is 4.44. The molecule has 0 saturated carbocycles. The van der Waals surface area contributed by atoms with Crippen LogP contribution in [0.25, 0.3) is 22.3 Å². The summed E-state index contributed by atoms with van der Waals surface area (Å²) in [4.78, 5) is 19.0. The van der Waals surface area contributed by atoms with Gasteiger partial charge < -0.3 is 14.3 Å². The number of para-hydroxylation sites is 1. The van der Waals surface area contributed by atoms with E-state index in [1.807, 2.05) is 42.5 Å². The van der Waals surface area contributed by atoms with Crippen LogP contribution in [0.2, 0.25) is 0 Å². The molecule has 1 aromatic carbocycles. The molecule has 10 heteroatoms. The van der Waals surface area contributed by atoms with Gasteiger partial charge in [-0.3, -0.25) is 4.98 Å². The number of pyridine rings is 3. The van der Waals surface area contributed by atoms with E-state index in [1.54, 1.807) is 42.2 Å². The van der Waals surface area contributed by atoms with Gasteiger partial charge in [-0.2, -0.15) is 4.73 Å². The highest BCUT2D eigenvalue weighted by Gasteiger charge is 2.20. The average Bonchev–Trinajstić information content (AvgIpc) is 3.29. The van der Waals surface area contributed by atoms with Crippen LogP contribution in [0.15, 0.2) is 90.3 Å². The van der Waals surface area contributed by atoms with Crippen molar-refractivity contribution < 1.29 is 22.7 Å². The zero-order valence-corrected chi connectivity index (χ0v) is 20.3. The van der Waals surface area contributed by atoms with Gasteiger partial charge in [-0.05, 0) is 48.5 Å². The predicted molar refractivity (Wildman–Crippen MR) is 134 cm³/mol. The molecule has 4 aromatic heterocycles. The number of aromatic nitrogens is 4. The lowest BCUT2D eigenvalue weighted by Crippen LogP contribution is -2.10. The number of hydrogen-bond donors (Lipinski definition) is 0. The van der Waals surface area contributed by atoms with E-state index in [9.17, 15) is 8.42 Å². The predicted octanol–water partition coefficient (Wildman–Crippen LogP) is 4.93. The molecule has 0 radical (unpaired) electrons. The summed E-state index contributed by atoms with van der Waals surface area (Å²) in [6, 6.07) is 19.7. The number of nitrogens with zero attached hydrogens (tertiary/aromatic N) is 4. The molecular formula is C26H22N4O5S. The van der Waals surface area contributed by atoms with Crippen molar-refractivity contribution in [2.24, 2.45) is 0 Å². The highest BCUT2D eigenvalue weighted by molar-refractivity contribution is 7.91. The lowest BCUT2D eigenvalue weighted by Gasteiger charge is -2.15. The smallest absolute Gasteiger partial charge is 0.257 e. The first-order valence-electron chi connectivity index (χ1n) is 11.1. The number of methoxy groups -OCH3 is 1. The van der Waals surface area contributed by atoms with E-state index >= 15 is 0 Å². The first-order valence-corrected chi connectivity index (χ1v) is 12.8. The molecule has 0 unspecified atom stereocenters. The third-order valence-corrected chi connectivity index (χ3v) is 7.06. The quantitative estimate of drug-likeness (QED) is 0.294. The molecule has 0 atom stereocenters. The fraction of sp³-hybridized carbons (Fsp3) is 0.115. The molecule has 0 spiro atoms.